The lowest BCUT2D eigenvalue weighted by atomic mass is 10.0. The van der Waals surface area contributed by atoms with Gasteiger partial charge in [0.25, 0.3) is 0 Å². The van der Waals surface area contributed by atoms with E-state index in [2.05, 4.69) is 11.9 Å². The first-order chi connectivity index (χ1) is 8.20. The molecule has 0 spiro atoms. The Morgan fingerprint density at radius 2 is 1.94 bits per heavy atom. The molecule has 0 saturated carbocycles. The van der Waals surface area contributed by atoms with Crippen LogP contribution in [0.15, 0.2) is 42.5 Å². The molecule has 0 saturated heterocycles. The van der Waals surface area contributed by atoms with E-state index in [0.717, 1.165) is 12.1 Å². The van der Waals surface area contributed by atoms with Crippen LogP contribution in [0.4, 0.5) is 0 Å². The summed E-state index contributed by atoms with van der Waals surface area (Å²) in [6.45, 7) is 3.97. The molecule has 17 heavy (non-hydrogen) atoms. The summed E-state index contributed by atoms with van der Waals surface area (Å²) in [4.78, 5) is 16.5. The summed E-state index contributed by atoms with van der Waals surface area (Å²) in [6, 6.07) is 13.2. The molecule has 0 aliphatic rings. The van der Waals surface area contributed by atoms with Crippen LogP contribution >= 0.6 is 0 Å². The number of carbonyl (C=O) groups excluding carboxylic acids is 1. The van der Waals surface area contributed by atoms with E-state index in [0.29, 0.717) is 11.3 Å². The van der Waals surface area contributed by atoms with E-state index >= 15 is 0 Å². The maximum Gasteiger partial charge on any atom is 0.211 e. The Kier molecular flexibility index (Phi) is 3.33. The third-order valence-corrected chi connectivity index (χ3v) is 2.72. The molecule has 2 nitrogen and oxygen atoms in total. The van der Waals surface area contributed by atoms with Crippen molar-refractivity contribution < 1.29 is 4.79 Å². The summed E-state index contributed by atoms with van der Waals surface area (Å²) in [6.07, 6.45) is 0.933. The quantitative estimate of drug-likeness (QED) is 0.751. The van der Waals surface area contributed by atoms with Gasteiger partial charge in [0.1, 0.15) is 5.69 Å². The van der Waals surface area contributed by atoms with Crippen LogP contribution in [0.5, 0.6) is 0 Å². The molecule has 0 unspecified atom stereocenters. The normalized spacial score (nSPS) is 10.2. The highest BCUT2D eigenvalue weighted by Gasteiger charge is 2.10. The second-order valence-corrected chi connectivity index (χ2v) is 4.05. The molecule has 1 heterocycles. The van der Waals surface area contributed by atoms with Crippen LogP contribution in [0.2, 0.25) is 0 Å². The predicted octanol–water partition coefficient (Wildman–Crippen LogP) is 3.18. The minimum Gasteiger partial charge on any atom is -0.287 e. The predicted molar refractivity (Wildman–Crippen MR) is 68.2 cm³/mol. The molecule has 0 aliphatic carbocycles. The van der Waals surface area contributed by atoms with Crippen molar-refractivity contribution in [2.24, 2.45) is 0 Å². The molecule has 0 fully saturated rings. The van der Waals surface area contributed by atoms with E-state index < -0.39 is 0 Å². The van der Waals surface area contributed by atoms with Crippen LogP contribution in [0.3, 0.4) is 0 Å². The van der Waals surface area contributed by atoms with Crippen LogP contribution in [-0.4, -0.2) is 10.8 Å². The third-order valence-electron chi connectivity index (χ3n) is 2.72. The summed E-state index contributed by atoms with van der Waals surface area (Å²) in [5, 5.41) is 0. The van der Waals surface area contributed by atoms with Gasteiger partial charge in [-0.05, 0) is 37.1 Å². The molecule has 1 aromatic heterocycles. The zero-order chi connectivity index (χ0) is 12.3. The minimum atomic E-state index is -0.0102. The highest BCUT2D eigenvalue weighted by atomic mass is 16.1. The van der Waals surface area contributed by atoms with Crippen LogP contribution in [0, 0.1) is 6.92 Å². The van der Waals surface area contributed by atoms with E-state index in [4.69, 9.17) is 0 Å². The maximum absolute atomic E-state index is 12.2. The van der Waals surface area contributed by atoms with Crippen molar-refractivity contribution in [3.05, 3.63) is 65.0 Å². The fourth-order valence-electron chi connectivity index (χ4n) is 1.75. The van der Waals surface area contributed by atoms with Gasteiger partial charge in [-0.1, -0.05) is 31.2 Å². The van der Waals surface area contributed by atoms with E-state index in [1.807, 2.05) is 43.3 Å². The van der Waals surface area contributed by atoms with Crippen LogP contribution in [-0.2, 0) is 6.42 Å². The minimum absolute atomic E-state index is 0.0102. The molecule has 0 radical (unpaired) electrons. The first-order valence-electron chi connectivity index (χ1n) is 5.78. The molecular weight excluding hydrogens is 210 g/mol. The van der Waals surface area contributed by atoms with Crippen molar-refractivity contribution >= 4 is 5.78 Å². The third kappa shape index (κ3) is 2.59. The second-order valence-electron chi connectivity index (χ2n) is 4.05. The smallest absolute Gasteiger partial charge is 0.211 e. The lowest BCUT2D eigenvalue weighted by Crippen LogP contribution is -2.05. The number of nitrogens with zero attached hydrogens (tertiary/aromatic N) is 1. The number of aryl methyl sites for hydroxylation is 2. The highest BCUT2D eigenvalue weighted by Crippen LogP contribution is 2.11. The summed E-state index contributed by atoms with van der Waals surface area (Å²) in [5.41, 5.74) is 3.26. The van der Waals surface area contributed by atoms with Gasteiger partial charge in [-0.2, -0.15) is 0 Å². The lowest BCUT2D eigenvalue weighted by molar-refractivity contribution is 0.103. The largest absolute Gasteiger partial charge is 0.287 e. The molecule has 0 atom stereocenters. The van der Waals surface area contributed by atoms with Gasteiger partial charge in [-0.3, -0.25) is 4.79 Å². The molecule has 0 bridgehead atoms. The van der Waals surface area contributed by atoms with Crippen molar-refractivity contribution in [1.82, 2.24) is 4.98 Å². The first kappa shape index (κ1) is 11.5. The average molecular weight is 225 g/mol. The summed E-state index contributed by atoms with van der Waals surface area (Å²) < 4.78 is 0. The molecule has 2 rings (SSSR count). The van der Waals surface area contributed by atoms with Gasteiger partial charge in [0.2, 0.25) is 5.78 Å². The first-order valence-corrected chi connectivity index (χ1v) is 5.78. The molecule has 0 amide bonds. The van der Waals surface area contributed by atoms with E-state index in [9.17, 15) is 4.79 Å². The number of hydrogen-bond donors (Lipinski definition) is 0. The van der Waals surface area contributed by atoms with Gasteiger partial charge in [0.05, 0.1) is 0 Å². The van der Waals surface area contributed by atoms with Crippen molar-refractivity contribution in [3.63, 3.8) is 0 Å². The van der Waals surface area contributed by atoms with E-state index in [1.165, 1.54) is 5.56 Å². The van der Waals surface area contributed by atoms with Gasteiger partial charge in [0.15, 0.2) is 0 Å². The molecule has 86 valence electrons. The molecule has 0 N–H and O–H groups in total. The van der Waals surface area contributed by atoms with E-state index in [-0.39, 0.29) is 5.78 Å². The highest BCUT2D eigenvalue weighted by molar-refractivity contribution is 6.07. The van der Waals surface area contributed by atoms with Gasteiger partial charge in [-0.25, -0.2) is 4.98 Å². The topological polar surface area (TPSA) is 30.0 Å². The van der Waals surface area contributed by atoms with Gasteiger partial charge < -0.3 is 0 Å². The van der Waals surface area contributed by atoms with Crippen molar-refractivity contribution in [3.8, 4) is 0 Å². The van der Waals surface area contributed by atoms with Crippen molar-refractivity contribution in [1.29, 1.82) is 0 Å². The zero-order valence-corrected chi connectivity index (χ0v) is 10.1. The Morgan fingerprint density at radius 1 is 1.18 bits per heavy atom. The summed E-state index contributed by atoms with van der Waals surface area (Å²) in [7, 11) is 0. The lowest BCUT2D eigenvalue weighted by Gasteiger charge is -2.03. The Hall–Kier alpha value is -1.96. The number of hydrogen-bond acceptors (Lipinski definition) is 2. The molecule has 2 heteroatoms. The fourth-order valence-corrected chi connectivity index (χ4v) is 1.75. The number of ketones is 1. The Bertz CT molecular complexity index is 546. The Labute approximate surface area is 101 Å². The maximum atomic E-state index is 12.2. The second kappa shape index (κ2) is 4.91. The van der Waals surface area contributed by atoms with Crippen molar-refractivity contribution in [2.45, 2.75) is 20.3 Å². The molecular formula is C15H15NO. The van der Waals surface area contributed by atoms with Crippen LogP contribution in [0.1, 0.15) is 34.2 Å². The van der Waals surface area contributed by atoms with Crippen LogP contribution < -0.4 is 0 Å². The Balaban J connectivity index is 2.36. The average Bonchev–Trinajstić information content (AvgIpc) is 2.38. The van der Waals surface area contributed by atoms with Crippen molar-refractivity contribution in [2.75, 3.05) is 0 Å². The number of aromatic nitrogens is 1. The number of benzene rings is 1. The fraction of sp³-hybridized carbons (Fsp3) is 0.200. The van der Waals surface area contributed by atoms with Crippen LogP contribution in [0.25, 0.3) is 0 Å². The molecule has 1 aromatic carbocycles. The monoisotopic (exact) mass is 225 g/mol. The standard InChI is InChI=1S/C15H15NO/c1-3-12-7-5-8-13(10-12)15(17)14-9-4-6-11(2)16-14/h4-10H,3H2,1-2H3. The van der Waals surface area contributed by atoms with Gasteiger partial charge in [-0.15, -0.1) is 0 Å². The van der Waals surface area contributed by atoms with E-state index in [1.54, 1.807) is 6.07 Å². The number of carbonyl (C=O) groups is 1. The Morgan fingerprint density at radius 3 is 2.65 bits per heavy atom. The molecule has 2 aromatic rings. The van der Waals surface area contributed by atoms with Gasteiger partial charge in [0, 0.05) is 11.3 Å². The SMILES string of the molecule is CCc1cccc(C(=O)c2cccc(C)n2)c1. The number of pyridine rings is 1. The summed E-state index contributed by atoms with van der Waals surface area (Å²) >= 11 is 0. The number of rotatable bonds is 3. The zero-order valence-electron chi connectivity index (χ0n) is 10.1. The van der Waals surface area contributed by atoms with Gasteiger partial charge >= 0.3 is 0 Å². The summed E-state index contributed by atoms with van der Waals surface area (Å²) in [5.74, 6) is -0.0102. The molecule has 0 aliphatic heterocycles.